The van der Waals surface area contributed by atoms with Crippen molar-refractivity contribution in [1.82, 2.24) is 15.1 Å². The van der Waals surface area contributed by atoms with Crippen molar-refractivity contribution >= 4 is 28.9 Å². The van der Waals surface area contributed by atoms with E-state index in [0.29, 0.717) is 39.6 Å². The number of aromatic nitrogens is 3. The molecule has 0 saturated heterocycles. The largest absolute Gasteiger partial charge is 0.397 e. The van der Waals surface area contributed by atoms with E-state index in [1.54, 1.807) is 24.3 Å². The SMILES string of the molecule is Nc1ccc(-c2nc(Cc3ccc(Cl)cc3Cl)no2)nc1. The molecule has 0 bridgehead atoms. The van der Waals surface area contributed by atoms with Crippen LogP contribution in [0.25, 0.3) is 11.6 Å². The van der Waals surface area contributed by atoms with Crippen LogP contribution in [0.5, 0.6) is 0 Å². The van der Waals surface area contributed by atoms with Crippen molar-refractivity contribution in [3.63, 3.8) is 0 Å². The van der Waals surface area contributed by atoms with Crippen LogP contribution in [0, 0.1) is 0 Å². The van der Waals surface area contributed by atoms with Gasteiger partial charge in [0.1, 0.15) is 5.69 Å². The van der Waals surface area contributed by atoms with Gasteiger partial charge in [0.05, 0.1) is 11.9 Å². The molecule has 7 heteroatoms. The summed E-state index contributed by atoms with van der Waals surface area (Å²) in [5, 5.41) is 5.08. The second-order valence-corrected chi connectivity index (χ2v) is 5.25. The summed E-state index contributed by atoms with van der Waals surface area (Å²) in [6, 6.07) is 8.73. The lowest BCUT2D eigenvalue weighted by Gasteiger charge is -2.00. The number of nitrogens with zero attached hydrogens (tertiary/aromatic N) is 3. The molecule has 5 nitrogen and oxygen atoms in total. The molecule has 2 aromatic heterocycles. The van der Waals surface area contributed by atoms with E-state index >= 15 is 0 Å². The molecule has 2 N–H and O–H groups in total. The minimum Gasteiger partial charge on any atom is -0.397 e. The smallest absolute Gasteiger partial charge is 0.276 e. The molecule has 0 atom stereocenters. The van der Waals surface area contributed by atoms with Crippen molar-refractivity contribution < 1.29 is 4.52 Å². The molecule has 106 valence electrons. The first-order valence-corrected chi connectivity index (χ1v) is 6.86. The molecule has 0 aliphatic rings. The number of pyridine rings is 1. The van der Waals surface area contributed by atoms with Gasteiger partial charge in [-0.25, -0.2) is 4.98 Å². The minimum atomic E-state index is 0.343. The van der Waals surface area contributed by atoms with E-state index in [1.807, 2.05) is 6.07 Å². The first-order valence-electron chi connectivity index (χ1n) is 6.10. The van der Waals surface area contributed by atoms with E-state index in [9.17, 15) is 0 Å². The zero-order chi connectivity index (χ0) is 14.8. The molecule has 21 heavy (non-hydrogen) atoms. The molecule has 0 amide bonds. The summed E-state index contributed by atoms with van der Waals surface area (Å²) in [4.78, 5) is 8.43. The third kappa shape index (κ3) is 3.15. The number of rotatable bonds is 3. The van der Waals surface area contributed by atoms with Crippen LogP contribution in [0.1, 0.15) is 11.4 Å². The number of nitrogens with two attached hydrogens (primary N) is 1. The Morgan fingerprint density at radius 3 is 2.71 bits per heavy atom. The predicted octanol–water partition coefficient (Wildman–Crippen LogP) is 3.61. The molecule has 2 heterocycles. The Morgan fingerprint density at radius 1 is 1.14 bits per heavy atom. The van der Waals surface area contributed by atoms with Gasteiger partial charge in [0.2, 0.25) is 0 Å². The zero-order valence-electron chi connectivity index (χ0n) is 10.8. The molecule has 0 aliphatic carbocycles. The number of benzene rings is 1. The number of anilines is 1. The number of nitrogen functional groups attached to an aromatic ring is 1. The second kappa shape index (κ2) is 5.71. The van der Waals surface area contributed by atoms with Crippen molar-refractivity contribution in [1.29, 1.82) is 0 Å². The van der Waals surface area contributed by atoms with Gasteiger partial charge in [0.15, 0.2) is 5.82 Å². The maximum absolute atomic E-state index is 6.12. The molecular weight excluding hydrogens is 311 g/mol. The van der Waals surface area contributed by atoms with Crippen molar-refractivity contribution in [2.24, 2.45) is 0 Å². The number of halogens is 2. The molecule has 0 radical (unpaired) electrons. The molecule has 0 saturated carbocycles. The van der Waals surface area contributed by atoms with Crippen molar-refractivity contribution in [3.8, 4) is 11.6 Å². The summed E-state index contributed by atoms with van der Waals surface area (Å²) in [6.07, 6.45) is 1.99. The van der Waals surface area contributed by atoms with Crippen LogP contribution < -0.4 is 5.73 Å². The fourth-order valence-corrected chi connectivity index (χ4v) is 2.27. The Morgan fingerprint density at radius 2 is 2.00 bits per heavy atom. The summed E-state index contributed by atoms with van der Waals surface area (Å²) < 4.78 is 5.19. The maximum atomic E-state index is 6.12. The van der Waals surface area contributed by atoms with Gasteiger partial charge in [-0.15, -0.1) is 0 Å². The van der Waals surface area contributed by atoms with Crippen LogP contribution in [0.3, 0.4) is 0 Å². The number of hydrogen-bond acceptors (Lipinski definition) is 5. The molecule has 0 spiro atoms. The molecule has 0 fully saturated rings. The van der Waals surface area contributed by atoms with Crippen molar-refractivity contribution in [3.05, 3.63) is 58.0 Å². The summed E-state index contributed by atoms with van der Waals surface area (Å²) >= 11 is 12.0. The second-order valence-electron chi connectivity index (χ2n) is 4.41. The Labute approximate surface area is 130 Å². The highest BCUT2D eigenvalue weighted by Crippen LogP contribution is 2.23. The van der Waals surface area contributed by atoms with Gasteiger partial charge in [-0.1, -0.05) is 34.4 Å². The molecule has 1 aromatic carbocycles. The molecule has 3 rings (SSSR count). The van der Waals surface area contributed by atoms with Crippen LogP contribution in [0.4, 0.5) is 5.69 Å². The average molecular weight is 321 g/mol. The highest BCUT2D eigenvalue weighted by molar-refractivity contribution is 6.35. The summed E-state index contributed by atoms with van der Waals surface area (Å²) in [7, 11) is 0. The van der Waals surface area contributed by atoms with Gasteiger partial charge in [-0.05, 0) is 29.8 Å². The van der Waals surface area contributed by atoms with Crippen LogP contribution in [0.15, 0.2) is 41.1 Å². The van der Waals surface area contributed by atoms with E-state index in [0.717, 1.165) is 5.56 Å². The van der Waals surface area contributed by atoms with Gasteiger partial charge in [-0.2, -0.15) is 4.98 Å². The lowest BCUT2D eigenvalue weighted by Crippen LogP contribution is -1.92. The molecule has 0 unspecified atom stereocenters. The third-order valence-corrected chi connectivity index (χ3v) is 3.42. The van der Waals surface area contributed by atoms with Gasteiger partial charge in [0, 0.05) is 16.5 Å². The molecular formula is C14H10Cl2N4O. The zero-order valence-corrected chi connectivity index (χ0v) is 12.3. The summed E-state index contributed by atoms with van der Waals surface area (Å²) in [6.45, 7) is 0. The van der Waals surface area contributed by atoms with Gasteiger partial charge in [0.25, 0.3) is 5.89 Å². The standard InChI is InChI=1S/C14H10Cl2N4O/c15-9-2-1-8(11(16)6-9)5-13-19-14(21-20-13)12-4-3-10(17)7-18-12/h1-4,6-7H,5,17H2. The highest BCUT2D eigenvalue weighted by Gasteiger charge is 2.12. The van der Waals surface area contributed by atoms with Crippen LogP contribution in [-0.2, 0) is 6.42 Å². The van der Waals surface area contributed by atoms with Crippen LogP contribution in [0.2, 0.25) is 10.0 Å². The number of hydrogen-bond donors (Lipinski definition) is 1. The predicted molar refractivity (Wildman–Crippen MR) is 81.2 cm³/mol. The Kier molecular flexibility index (Phi) is 3.77. The Balaban J connectivity index is 1.83. The average Bonchev–Trinajstić information content (AvgIpc) is 2.91. The monoisotopic (exact) mass is 320 g/mol. The van der Waals surface area contributed by atoms with E-state index in [2.05, 4.69) is 15.1 Å². The van der Waals surface area contributed by atoms with Crippen molar-refractivity contribution in [2.45, 2.75) is 6.42 Å². The Bertz CT molecular complexity index is 771. The quantitative estimate of drug-likeness (QED) is 0.797. The first-order chi connectivity index (χ1) is 10.1. The molecule has 0 aliphatic heterocycles. The minimum absolute atomic E-state index is 0.343. The topological polar surface area (TPSA) is 77.8 Å². The lowest BCUT2D eigenvalue weighted by molar-refractivity contribution is 0.422. The van der Waals surface area contributed by atoms with E-state index < -0.39 is 0 Å². The highest BCUT2D eigenvalue weighted by atomic mass is 35.5. The third-order valence-electron chi connectivity index (χ3n) is 2.84. The van der Waals surface area contributed by atoms with Gasteiger partial charge < -0.3 is 10.3 Å². The Hall–Kier alpha value is -2.11. The normalized spacial score (nSPS) is 10.8. The van der Waals surface area contributed by atoms with Crippen LogP contribution in [-0.4, -0.2) is 15.1 Å². The fourth-order valence-electron chi connectivity index (χ4n) is 1.80. The first kappa shape index (κ1) is 13.9. The van der Waals surface area contributed by atoms with Gasteiger partial charge in [-0.3, -0.25) is 0 Å². The summed E-state index contributed by atoms with van der Waals surface area (Å²) in [5.41, 5.74) is 7.61. The lowest BCUT2D eigenvalue weighted by atomic mass is 10.1. The maximum Gasteiger partial charge on any atom is 0.276 e. The fraction of sp³-hybridized carbons (Fsp3) is 0.0714. The van der Waals surface area contributed by atoms with Gasteiger partial charge >= 0.3 is 0 Å². The van der Waals surface area contributed by atoms with Crippen LogP contribution >= 0.6 is 23.2 Å². The van der Waals surface area contributed by atoms with E-state index in [1.165, 1.54) is 6.20 Å². The molecule has 3 aromatic rings. The van der Waals surface area contributed by atoms with E-state index in [-0.39, 0.29) is 0 Å². The summed E-state index contributed by atoms with van der Waals surface area (Å²) in [5.74, 6) is 0.864. The van der Waals surface area contributed by atoms with Crippen molar-refractivity contribution in [2.75, 3.05) is 5.73 Å². The van der Waals surface area contributed by atoms with E-state index in [4.69, 9.17) is 33.5 Å².